The van der Waals surface area contributed by atoms with Gasteiger partial charge in [-0.2, -0.15) is 0 Å². The molecule has 0 spiro atoms. The first-order valence-corrected chi connectivity index (χ1v) is 8.15. The third-order valence-electron chi connectivity index (χ3n) is 4.30. The van der Waals surface area contributed by atoms with Crippen LogP contribution < -0.4 is 0 Å². The molecular weight excluding hydrogens is 319 g/mol. The number of hydrogen-bond acceptors (Lipinski definition) is 3. The minimum absolute atomic E-state index is 0.282. The lowest BCUT2D eigenvalue weighted by Crippen LogP contribution is -2.30. The zero-order valence-corrected chi connectivity index (χ0v) is 14.5. The second kappa shape index (κ2) is 8.21. The van der Waals surface area contributed by atoms with Crippen LogP contribution in [-0.2, 0) is 12.2 Å². The summed E-state index contributed by atoms with van der Waals surface area (Å²) >= 11 is 0. The normalized spacial score (nSPS) is 13.5. The maximum absolute atomic E-state index is 13.3. The van der Waals surface area contributed by atoms with E-state index in [1.807, 2.05) is 19.0 Å². The van der Waals surface area contributed by atoms with E-state index < -0.39 is 5.60 Å². The van der Waals surface area contributed by atoms with Gasteiger partial charge in [0, 0.05) is 0 Å². The van der Waals surface area contributed by atoms with Crippen LogP contribution in [0.15, 0.2) is 42.5 Å². The average molecular weight is 342 g/mol. The number of aliphatic hydroxyl groups excluding tert-OH is 1. The number of benzene rings is 2. The monoisotopic (exact) mass is 342 g/mol. The van der Waals surface area contributed by atoms with E-state index >= 15 is 0 Å². The zero-order valence-electron chi connectivity index (χ0n) is 14.5. The first kappa shape index (κ1) is 19.1. The van der Waals surface area contributed by atoms with Crippen molar-refractivity contribution in [2.24, 2.45) is 0 Å². The van der Waals surface area contributed by atoms with E-state index in [-0.39, 0.29) is 12.4 Å². The summed E-state index contributed by atoms with van der Waals surface area (Å²) in [6, 6.07) is 10.7. The van der Waals surface area contributed by atoms with Gasteiger partial charge in [0.25, 0.3) is 0 Å². The highest BCUT2D eigenvalue weighted by Crippen LogP contribution is 2.37. The fraction of sp³-hybridized carbons (Fsp3) is 0.350. The molecule has 0 aromatic heterocycles. The van der Waals surface area contributed by atoms with Crippen LogP contribution in [0.5, 0.6) is 0 Å². The Kier molecular flexibility index (Phi) is 6.27. The predicted octanol–water partition coefficient (Wildman–Crippen LogP) is 3.45. The summed E-state index contributed by atoms with van der Waals surface area (Å²) in [4.78, 5) is 5.40. The molecule has 2 aromatic carbocycles. The van der Waals surface area contributed by atoms with E-state index in [0.29, 0.717) is 28.8 Å². The van der Waals surface area contributed by atoms with Gasteiger partial charge in [-0.1, -0.05) is 30.3 Å². The van der Waals surface area contributed by atoms with E-state index in [4.69, 9.17) is 6.57 Å². The number of aliphatic hydroxyl groups is 2. The van der Waals surface area contributed by atoms with Crippen molar-refractivity contribution in [3.63, 3.8) is 0 Å². The third-order valence-corrected chi connectivity index (χ3v) is 4.30. The highest BCUT2D eigenvalue weighted by molar-refractivity contribution is 5.52. The Labute approximate surface area is 148 Å². The Balaban J connectivity index is 2.51. The standard InChI is InChI=1S/C20H23FN2O2/c1-22-18-9-10-19(15(13-18)14-24)20(25,11-4-12-23(2)3)16-5-7-17(21)8-6-16/h5-10,13,24-25H,4,11-12,14H2,2-3H3/t20-/m1/s1. The van der Waals surface area contributed by atoms with Gasteiger partial charge in [-0.05, 0) is 62.3 Å². The van der Waals surface area contributed by atoms with Gasteiger partial charge in [0.2, 0.25) is 0 Å². The Morgan fingerprint density at radius 1 is 1.16 bits per heavy atom. The number of hydrogen-bond donors (Lipinski definition) is 2. The molecule has 0 heterocycles. The van der Waals surface area contributed by atoms with E-state index in [1.165, 1.54) is 12.1 Å². The lowest BCUT2D eigenvalue weighted by molar-refractivity contribution is 0.0641. The second-order valence-electron chi connectivity index (χ2n) is 6.39. The minimum atomic E-state index is -1.36. The summed E-state index contributed by atoms with van der Waals surface area (Å²) in [5.41, 5.74) is 0.668. The molecular formula is C20H23FN2O2. The molecule has 4 nitrogen and oxygen atoms in total. The Bertz CT molecular complexity index is 753. The molecule has 0 amide bonds. The summed E-state index contributed by atoms with van der Waals surface area (Å²) in [7, 11) is 3.92. The van der Waals surface area contributed by atoms with Crippen LogP contribution in [0.3, 0.4) is 0 Å². The topological polar surface area (TPSA) is 48.1 Å². The van der Waals surface area contributed by atoms with Crippen molar-refractivity contribution >= 4 is 5.69 Å². The van der Waals surface area contributed by atoms with E-state index in [9.17, 15) is 14.6 Å². The lowest BCUT2D eigenvalue weighted by atomic mass is 9.80. The van der Waals surface area contributed by atoms with Crippen LogP contribution in [0.4, 0.5) is 10.1 Å². The molecule has 0 fully saturated rings. The molecule has 132 valence electrons. The van der Waals surface area contributed by atoms with Gasteiger partial charge in [0.05, 0.1) is 13.2 Å². The van der Waals surface area contributed by atoms with Gasteiger partial charge >= 0.3 is 0 Å². The first-order valence-electron chi connectivity index (χ1n) is 8.15. The molecule has 0 saturated heterocycles. The maximum Gasteiger partial charge on any atom is 0.187 e. The number of nitrogens with zero attached hydrogens (tertiary/aromatic N) is 2. The SMILES string of the molecule is [C-]#[N+]c1ccc([C@@](O)(CCCN(C)C)c2ccc(F)cc2)c(CO)c1. The van der Waals surface area contributed by atoms with Crippen molar-refractivity contribution in [1.29, 1.82) is 0 Å². The van der Waals surface area contributed by atoms with Gasteiger partial charge in [0.15, 0.2) is 5.69 Å². The minimum Gasteiger partial charge on any atom is -0.392 e. The van der Waals surface area contributed by atoms with E-state index in [1.54, 1.807) is 30.3 Å². The van der Waals surface area contributed by atoms with Crippen LogP contribution in [0.25, 0.3) is 4.85 Å². The van der Waals surface area contributed by atoms with Crippen molar-refractivity contribution < 1.29 is 14.6 Å². The van der Waals surface area contributed by atoms with Crippen molar-refractivity contribution in [2.45, 2.75) is 25.0 Å². The van der Waals surface area contributed by atoms with E-state index in [2.05, 4.69) is 4.85 Å². The van der Waals surface area contributed by atoms with Gasteiger partial charge in [-0.15, -0.1) is 0 Å². The lowest BCUT2D eigenvalue weighted by Gasteiger charge is -2.32. The third kappa shape index (κ3) is 4.43. The molecule has 0 unspecified atom stereocenters. The molecule has 0 aliphatic carbocycles. The molecule has 0 aliphatic heterocycles. The Hall–Kier alpha value is -2.26. The van der Waals surface area contributed by atoms with Crippen molar-refractivity contribution in [3.8, 4) is 0 Å². The van der Waals surface area contributed by atoms with Gasteiger partial charge in [-0.3, -0.25) is 0 Å². The Morgan fingerprint density at radius 3 is 2.40 bits per heavy atom. The van der Waals surface area contributed by atoms with Crippen LogP contribution in [0.2, 0.25) is 0 Å². The Morgan fingerprint density at radius 2 is 1.84 bits per heavy atom. The highest BCUT2D eigenvalue weighted by atomic mass is 19.1. The quantitative estimate of drug-likeness (QED) is 0.758. The molecule has 25 heavy (non-hydrogen) atoms. The molecule has 0 bridgehead atoms. The van der Waals surface area contributed by atoms with Gasteiger partial charge < -0.3 is 15.1 Å². The maximum atomic E-state index is 13.3. The van der Waals surface area contributed by atoms with Crippen LogP contribution in [-0.4, -0.2) is 35.8 Å². The second-order valence-corrected chi connectivity index (χ2v) is 6.39. The number of rotatable bonds is 7. The fourth-order valence-electron chi connectivity index (χ4n) is 3.00. The average Bonchev–Trinajstić information content (AvgIpc) is 2.61. The summed E-state index contributed by atoms with van der Waals surface area (Å²) < 4.78 is 13.3. The molecule has 2 N–H and O–H groups in total. The molecule has 2 aromatic rings. The number of halogens is 1. The van der Waals surface area contributed by atoms with Crippen LogP contribution >= 0.6 is 0 Å². The smallest absolute Gasteiger partial charge is 0.187 e. The van der Waals surface area contributed by atoms with Crippen molar-refractivity contribution in [3.05, 3.63) is 76.4 Å². The van der Waals surface area contributed by atoms with Crippen LogP contribution in [0, 0.1) is 12.4 Å². The predicted molar refractivity (Wildman–Crippen MR) is 95.8 cm³/mol. The molecule has 2 rings (SSSR count). The van der Waals surface area contributed by atoms with Crippen molar-refractivity contribution in [1.82, 2.24) is 4.90 Å². The molecule has 5 heteroatoms. The molecule has 0 saturated carbocycles. The highest BCUT2D eigenvalue weighted by Gasteiger charge is 2.33. The molecule has 0 aliphatic rings. The zero-order chi connectivity index (χ0) is 18.4. The molecule has 1 atom stereocenters. The summed E-state index contributed by atoms with van der Waals surface area (Å²) in [5.74, 6) is -0.370. The van der Waals surface area contributed by atoms with E-state index in [0.717, 1.165) is 13.0 Å². The van der Waals surface area contributed by atoms with Crippen molar-refractivity contribution in [2.75, 3.05) is 20.6 Å². The summed E-state index contributed by atoms with van der Waals surface area (Å²) in [5, 5.41) is 21.2. The first-order chi connectivity index (χ1) is 11.9. The van der Waals surface area contributed by atoms with Gasteiger partial charge in [0.1, 0.15) is 11.4 Å². The summed E-state index contributed by atoms with van der Waals surface area (Å²) in [6.45, 7) is 7.63. The van der Waals surface area contributed by atoms with Crippen LogP contribution in [0.1, 0.15) is 29.5 Å². The summed E-state index contributed by atoms with van der Waals surface area (Å²) in [6.07, 6.45) is 1.14. The largest absolute Gasteiger partial charge is 0.392 e. The molecule has 0 radical (unpaired) electrons. The fourth-order valence-corrected chi connectivity index (χ4v) is 3.00. The van der Waals surface area contributed by atoms with Gasteiger partial charge in [-0.25, -0.2) is 9.24 Å².